The SMILES string of the molecule is CCC1(C(=O)N(C)Cc2ccc(Cl)s2)CCCNC1. The number of nitrogens with one attached hydrogen (secondary N) is 1. The molecule has 1 saturated heterocycles. The molecule has 1 aliphatic heterocycles. The number of thiophene rings is 1. The van der Waals surface area contributed by atoms with Crippen LogP contribution in [0.25, 0.3) is 0 Å². The molecule has 0 bridgehead atoms. The van der Waals surface area contributed by atoms with Crippen LogP contribution in [0, 0.1) is 5.41 Å². The summed E-state index contributed by atoms with van der Waals surface area (Å²) in [6, 6.07) is 3.88. The van der Waals surface area contributed by atoms with E-state index >= 15 is 0 Å². The van der Waals surface area contributed by atoms with E-state index in [1.54, 1.807) is 11.3 Å². The highest BCUT2D eigenvalue weighted by Crippen LogP contribution is 2.33. The van der Waals surface area contributed by atoms with Gasteiger partial charge in [0, 0.05) is 18.5 Å². The van der Waals surface area contributed by atoms with Gasteiger partial charge in [0.2, 0.25) is 5.91 Å². The largest absolute Gasteiger partial charge is 0.340 e. The van der Waals surface area contributed by atoms with Crippen molar-refractivity contribution in [3.63, 3.8) is 0 Å². The Morgan fingerprint density at radius 2 is 2.37 bits per heavy atom. The topological polar surface area (TPSA) is 32.3 Å². The van der Waals surface area contributed by atoms with E-state index in [2.05, 4.69) is 12.2 Å². The standard InChI is InChI=1S/C14H21ClN2OS/c1-3-14(7-4-8-16-10-14)13(18)17(2)9-11-5-6-12(15)19-11/h5-6,16H,3-4,7-10H2,1-2H3. The molecule has 1 aliphatic rings. The Kier molecular flexibility index (Phi) is 4.87. The van der Waals surface area contributed by atoms with Gasteiger partial charge in [-0.15, -0.1) is 11.3 Å². The Morgan fingerprint density at radius 1 is 1.58 bits per heavy atom. The van der Waals surface area contributed by atoms with Crippen LogP contribution in [-0.4, -0.2) is 30.9 Å². The number of halogens is 1. The van der Waals surface area contributed by atoms with Crippen molar-refractivity contribution in [2.24, 2.45) is 5.41 Å². The summed E-state index contributed by atoms with van der Waals surface area (Å²) in [4.78, 5) is 15.7. The van der Waals surface area contributed by atoms with E-state index in [0.717, 1.165) is 41.6 Å². The summed E-state index contributed by atoms with van der Waals surface area (Å²) in [5.41, 5.74) is -0.214. The summed E-state index contributed by atoms with van der Waals surface area (Å²) in [6.07, 6.45) is 2.97. The van der Waals surface area contributed by atoms with Crippen molar-refractivity contribution >= 4 is 28.8 Å². The third kappa shape index (κ3) is 3.30. The maximum absolute atomic E-state index is 12.7. The number of hydrogen-bond donors (Lipinski definition) is 1. The summed E-state index contributed by atoms with van der Waals surface area (Å²) in [6.45, 7) is 4.59. The molecule has 1 aromatic rings. The molecule has 1 fully saturated rings. The summed E-state index contributed by atoms with van der Waals surface area (Å²) in [7, 11) is 1.89. The molecule has 5 heteroatoms. The van der Waals surface area contributed by atoms with Crippen LogP contribution in [0.5, 0.6) is 0 Å². The van der Waals surface area contributed by atoms with Crippen molar-refractivity contribution in [2.75, 3.05) is 20.1 Å². The normalized spacial score (nSPS) is 23.3. The lowest BCUT2D eigenvalue weighted by atomic mass is 9.77. The predicted octanol–water partition coefficient (Wildman–Crippen LogP) is 3.14. The third-order valence-electron chi connectivity index (χ3n) is 3.97. The summed E-state index contributed by atoms with van der Waals surface area (Å²) in [5.74, 6) is 0.256. The molecule has 2 heterocycles. The van der Waals surface area contributed by atoms with Gasteiger partial charge in [0.15, 0.2) is 0 Å². The zero-order chi connectivity index (χ0) is 13.9. The van der Waals surface area contributed by atoms with Gasteiger partial charge in [-0.2, -0.15) is 0 Å². The second-order valence-electron chi connectivity index (χ2n) is 5.28. The fourth-order valence-electron chi connectivity index (χ4n) is 2.75. The Balaban J connectivity index is 2.04. The molecule has 106 valence electrons. The van der Waals surface area contributed by atoms with E-state index in [9.17, 15) is 4.79 Å². The van der Waals surface area contributed by atoms with Gasteiger partial charge < -0.3 is 10.2 Å². The molecular weight excluding hydrogens is 280 g/mol. The molecule has 1 atom stereocenters. The van der Waals surface area contributed by atoms with E-state index in [1.165, 1.54) is 0 Å². The van der Waals surface area contributed by atoms with E-state index in [0.29, 0.717) is 6.54 Å². The Hall–Kier alpha value is -0.580. The molecule has 1 amide bonds. The molecule has 0 aromatic carbocycles. The van der Waals surface area contributed by atoms with Crippen LogP contribution < -0.4 is 5.32 Å². The molecule has 1 aromatic heterocycles. The molecule has 1 N–H and O–H groups in total. The number of carbonyl (C=O) groups is 1. The van der Waals surface area contributed by atoms with Crippen LogP contribution in [0.1, 0.15) is 31.1 Å². The minimum atomic E-state index is -0.214. The van der Waals surface area contributed by atoms with Crippen molar-refractivity contribution in [3.05, 3.63) is 21.3 Å². The van der Waals surface area contributed by atoms with Crippen molar-refractivity contribution in [1.29, 1.82) is 0 Å². The lowest BCUT2D eigenvalue weighted by Crippen LogP contribution is -2.50. The van der Waals surface area contributed by atoms with Crippen molar-refractivity contribution < 1.29 is 4.79 Å². The maximum Gasteiger partial charge on any atom is 0.230 e. The smallest absolute Gasteiger partial charge is 0.230 e. The summed E-state index contributed by atoms with van der Waals surface area (Å²) < 4.78 is 0.778. The zero-order valence-electron chi connectivity index (χ0n) is 11.5. The fourth-order valence-corrected chi connectivity index (χ4v) is 3.89. The second kappa shape index (κ2) is 6.25. The average Bonchev–Trinajstić information content (AvgIpc) is 2.84. The van der Waals surface area contributed by atoms with Crippen molar-refractivity contribution in [2.45, 2.75) is 32.7 Å². The lowest BCUT2D eigenvalue weighted by molar-refractivity contribution is -0.142. The van der Waals surface area contributed by atoms with Crippen molar-refractivity contribution in [1.82, 2.24) is 10.2 Å². The molecule has 0 saturated carbocycles. The predicted molar refractivity (Wildman–Crippen MR) is 80.6 cm³/mol. The molecule has 2 rings (SSSR count). The first-order valence-corrected chi connectivity index (χ1v) is 7.97. The summed E-state index contributed by atoms with van der Waals surface area (Å²) in [5, 5.41) is 3.36. The third-order valence-corrected chi connectivity index (χ3v) is 5.19. The Labute approximate surface area is 123 Å². The lowest BCUT2D eigenvalue weighted by Gasteiger charge is -2.38. The maximum atomic E-state index is 12.7. The van der Waals surface area contributed by atoms with Crippen LogP contribution in [0.4, 0.5) is 0 Å². The molecule has 0 aliphatic carbocycles. The minimum Gasteiger partial charge on any atom is -0.340 e. The van der Waals surface area contributed by atoms with Crippen LogP contribution in [0.2, 0.25) is 4.34 Å². The molecular formula is C14H21ClN2OS. The van der Waals surface area contributed by atoms with E-state index in [4.69, 9.17) is 11.6 Å². The van der Waals surface area contributed by atoms with Gasteiger partial charge >= 0.3 is 0 Å². The zero-order valence-corrected chi connectivity index (χ0v) is 13.1. The Morgan fingerprint density at radius 3 is 2.89 bits per heavy atom. The number of hydrogen-bond acceptors (Lipinski definition) is 3. The first-order valence-electron chi connectivity index (χ1n) is 6.78. The highest BCUT2D eigenvalue weighted by atomic mass is 35.5. The number of amides is 1. The van der Waals surface area contributed by atoms with Gasteiger partial charge in [0.1, 0.15) is 0 Å². The van der Waals surface area contributed by atoms with Crippen LogP contribution in [0.15, 0.2) is 12.1 Å². The van der Waals surface area contributed by atoms with Gasteiger partial charge in [0.25, 0.3) is 0 Å². The van der Waals surface area contributed by atoms with Gasteiger partial charge in [0.05, 0.1) is 16.3 Å². The van der Waals surface area contributed by atoms with Crippen LogP contribution >= 0.6 is 22.9 Å². The highest BCUT2D eigenvalue weighted by Gasteiger charge is 2.39. The molecule has 3 nitrogen and oxygen atoms in total. The van der Waals surface area contributed by atoms with Gasteiger partial charge in [-0.25, -0.2) is 0 Å². The average molecular weight is 301 g/mol. The van der Waals surface area contributed by atoms with Crippen LogP contribution in [-0.2, 0) is 11.3 Å². The first-order chi connectivity index (χ1) is 9.07. The van der Waals surface area contributed by atoms with E-state index < -0.39 is 0 Å². The molecule has 19 heavy (non-hydrogen) atoms. The fraction of sp³-hybridized carbons (Fsp3) is 0.643. The monoisotopic (exact) mass is 300 g/mol. The molecule has 0 spiro atoms. The van der Waals surface area contributed by atoms with Crippen molar-refractivity contribution in [3.8, 4) is 0 Å². The number of rotatable bonds is 4. The second-order valence-corrected chi connectivity index (χ2v) is 7.08. The number of nitrogens with zero attached hydrogens (tertiary/aromatic N) is 1. The van der Waals surface area contributed by atoms with E-state index in [1.807, 2.05) is 24.1 Å². The van der Waals surface area contributed by atoms with Crippen LogP contribution in [0.3, 0.4) is 0 Å². The number of piperidine rings is 1. The highest BCUT2D eigenvalue weighted by molar-refractivity contribution is 7.16. The first kappa shape index (κ1) is 14.8. The molecule has 1 unspecified atom stereocenters. The number of carbonyl (C=O) groups excluding carboxylic acids is 1. The van der Waals surface area contributed by atoms with Gasteiger partial charge in [-0.1, -0.05) is 18.5 Å². The van der Waals surface area contributed by atoms with Gasteiger partial charge in [-0.05, 0) is 37.9 Å². The molecule has 0 radical (unpaired) electrons. The summed E-state index contributed by atoms with van der Waals surface area (Å²) >= 11 is 7.47. The van der Waals surface area contributed by atoms with Gasteiger partial charge in [-0.3, -0.25) is 4.79 Å². The van der Waals surface area contributed by atoms with E-state index in [-0.39, 0.29) is 11.3 Å². The Bertz CT molecular complexity index is 440. The minimum absolute atomic E-state index is 0.214. The quantitative estimate of drug-likeness (QED) is 0.926.